The van der Waals surface area contributed by atoms with Gasteiger partial charge in [0.1, 0.15) is 0 Å². The Morgan fingerprint density at radius 2 is 2.05 bits per heavy atom. The van der Waals surface area contributed by atoms with E-state index in [4.69, 9.17) is 5.73 Å². The van der Waals surface area contributed by atoms with E-state index in [0.29, 0.717) is 18.0 Å². The van der Waals surface area contributed by atoms with Gasteiger partial charge in [-0.1, -0.05) is 0 Å². The largest absolute Gasteiger partial charge is 0.399 e. The van der Waals surface area contributed by atoms with E-state index in [2.05, 4.69) is 4.98 Å². The monoisotopic (exact) mass is 343 g/mol. The number of anilines is 1. The molecule has 0 radical (unpaired) electrons. The van der Waals surface area contributed by atoms with Gasteiger partial charge in [-0.15, -0.1) is 23.1 Å². The molecule has 21 heavy (non-hydrogen) atoms. The molecule has 0 fully saturated rings. The number of nitrogen functional groups attached to an aromatic ring is 1. The van der Waals surface area contributed by atoms with Crippen LogP contribution in [0, 0.1) is 0 Å². The maximum absolute atomic E-state index is 12.2. The van der Waals surface area contributed by atoms with Gasteiger partial charge in [0.05, 0.1) is 23.5 Å². The summed E-state index contributed by atoms with van der Waals surface area (Å²) in [6.45, 7) is 0.318. The Bertz CT molecular complexity index is 654. The molecule has 0 bridgehead atoms. The second kappa shape index (κ2) is 7.26. The van der Waals surface area contributed by atoms with Gasteiger partial charge in [-0.2, -0.15) is 4.31 Å². The van der Waals surface area contributed by atoms with Crippen molar-refractivity contribution in [1.82, 2.24) is 9.29 Å². The minimum Gasteiger partial charge on any atom is -0.399 e. The molecule has 0 saturated heterocycles. The molecule has 2 N–H and O–H groups in total. The van der Waals surface area contributed by atoms with Crippen LogP contribution in [0.4, 0.5) is 5.69 Å². The number of aromatic nitrogens is 1. The predicted molar refractivity (Wildman–Crippen MR) is 88.9 cm³/mol. The zero-order valence-electron chi connectivity index (χ0n) is 11.6. The van der Waals surface area contributed by atoms with Crippen LogP contribution >= 0.6 is 23.1 Å². The van der Waals surface area contributed by atoms with E-state index >= 15 is 0 Å². The van der Waals surface area contributed by atoms with Crippen molar-refractivity contribution in [3.05, 3.63) is 40.8 Å². The molecule has 2 rings (SSSR count). The first-order valence-electron chi connectivity index (χ1n) is 6.27. The van der Waals surface area contributed by atoms with Crippen molar-refractivity contribution in [2.24, 2.45) is 0 Å². The summed E-state index contributed by atoms with van der Waals surface area (Å²) < 4.78 is 25.7. The van der Waals surface area contributed by atoms with Gasteiger partial charge in [0, 0.05) is 28.8 Å². The van der Waals surface area contributed by atoms with Gasteiger partial charge < -0.3 is 5.73 Å². The molecule has 0 unspecified atom stereocenters. The lowest BCUT2D eigenvalue weighted by atomic mass is 10.3. The van der Waals surface area contributed by atoms with Crippen molar-refractivity contribution in [2.75, 3.05) is 24.3 Å². The van der Waals surface area contributed by atoms with E-state index in [9.17, 15) is 8.42 Å². The number of benzene rings is 1. The van der Waals surface area contributed by atoms with E-state index < -0.39 is 10.0 Å². The highest BCUT2D eigenvalue weighted by molar-refractivity contribution is 8.00. The lowest BCUT2D eigenvalue weighted by Crippen LogP contribution is -2.29. The number of hydrogen-bond acceptors (Lipinski definition) is 6. The van der Waals surface area contributed by atoms with Crippen molar-refractivity contribution in [2.45, 2.75) is 11.4 Å². The highest BCUT2D eigenvalue weighted by Gasteiger charge is 2.18. The quantitative estimate of drug-likeness (QED) is 0.616. The normalized spacial score (nSPS) is 11.9. The van der Waals surface area contributed by atoms with Gasteiger partial charge in [0.25, 0.3) is 0 Å². The van der Waals surface area contributed by atoms with E-state index in [1.165, 1.54) is 27.4 Å². The minimum atomic E-state index is -3.26. The number of rotatable bonds is 7. The number of thiazole rings is 1. The van der Waals surface area contributed by atoms with Gasteiger partial charge in [0.2, 0.25) is 10.0 Å². The average molecular weight is 343 g/mol. The number of sulfonamides is 1. The number of nitrogens with zero attached hydrogens (tertiary/aromatic N) is 2. The Morgan fingerprint density at radius 3 is 2.67 bits per heavy atom. The lowest BCUT2D eigenvalue weighted by molar-refractivity contribution is 0.464. The second-order valence-electron chi connectivity index (χ2n) is 4.47. The van der Waals surface area contributed by atoms with Gasteiger partial charge in [-0.05, 0) is 24.3 Å². The summed E-state index contributed by atoms with van der Waals surface area (Å²) in [7, 11) is -1.68. The van der Waals surface area contributed by atoms with E-state index in [-0.39, 0.29) is 5.75 Å². The molecule has 1 aromatic carbocycles. The Balaban J connectivity index is 1.84. The zero-order chi connectivity index (χ0) is 15.3. The molecule has 8 heteroatoms. The molecule has 114 valence electrons. The summed E-state index contributed by atoms with van der Waals surface area (Å²) in [5.74, 6) is 0.607. The van der Waals surface area contributed by atoms with Crippen LogP contribution in [0.15, 0.2) is 40.1 Å². The first kappa shape index (κ1) is 16.3. The number of thioether (sulfide) groups is 1. The molecule has 5 nitrogen and oxygen atoms in total. The Kier molecular flexibility index (Phi) is 5.63. The maximum atomic E-state index is 12.2. The van der Waals surface area contributed by atoms with E-state index in [1.54, 1.807) is 12.6 Å². The van der Waals surface area contributed by atoms with Crippen LogP contribution < -0.4 is 5.73 Å². The third-order valence-corrected chi connectivity index (χ3v) is 6.54. The smallest absolute Gasteiger partial charge is 0.215 e. The standard InChI is InChI=1S/C13H17N3O2S3/c1-16(8-12-9-19-10-15-12)21(17,18)7-6-20-13-4-2-11(14)3-5-13/h2-5,9-10H,6-8,14H2,1H3. The number of hydrogen-bond donors (Lipinski definition) is 1. The average Bonchev–Trinajstić information content (AvgIpc) is 2.94. The van der Waals surface area contributed by atoms with Crippen molar-refractivity contribution < 1.29 is 8.42 Å². The minimum absolute atomic E-state index is 0.0999. The van der Waals surface area contributed by atoms with Crippen molar-refractivity contribution >= 4 is 38.8 Å². The summed E-state index contributed by atoms with van der Waals surface area (Å²) in [5.41, 5.74) is 8.79. The zero-order valence-corrected chi connectivity index (χ0v) is 14.0. The molecule has 0 aliphatic heterocycles. The predicted octanol–water partition coefficient (Wildman–Crippen LogP) is 2.28. The third kappa shape index (κ3) is 4.99. The maximum Gasteiger partial charge on any atom is 0.215 e. The van der Waals surface area contributed by atoms with E-state index in [0.717, 1.165) is 10.6 Å². The first-order chi connectivity index (χ1) is 9.97. The topological polar surface area (TPSA) is 76.3 Å². The van der Waals surface area contributed by atoms with Crippen LogP contribution in [0.1, 0.15) is 5.69 Å². The Hall–Kier alpha value is -1.09. The van der Waals surface area contributed by atoms with Gasteiger partial charge in [-0.3, -0.25) is 0 Å². The summed E-state index contributed by atoms with van der Waals surface area (Å²) in [5, 5.41) is 1.86. The fourth-order valence-electron chi connectivity index (χ4n) is 1.63. The Labute approximate surface area is 133 Å². The van der Waals surface area contributed by atoms with Crippen LogP contribution in [-0.2, 0) is 16.6 Å². The van der Waals surface area contributed by atoms with Crippen LogP contribution in [0.2, 0.25) is 0 Å². The molecule has 1 aromatic heterocycles. The summed E-state index contributed by atoms with van der Waals surface area (Å²) in [6.07, 6.45) is 0. The van der Waals surface area contributed by atoms with Gasteiger partial charge in [0.15, 0.2) is 0 Å². The molecule has 0 saturated carbocycles. The molecular weight excluding hydrogens is 326 g/mol. The molecular formula is C13H17N3O2S3. The van der Waals surface area contributed by atoms with Crippen molar-refractivity contribution in [1.29, 1.82) is 0 Å². The van der Waals surface area contributed by atoms with Crippen molar-refractivity contribution in [3.63, 3.8) is 0 Å². The Morgan fingerprint density at radius 1 is 1.33 bits per heavy atom. The second-order valence-corrected chi connectivity index (χ2v) is 8.55. The number of nitrogens with two attached hydrogens (primary N) is 1. The SMILES string of the molecule is CN(Cc1cscn1)S(=O)(=O)CCSc1ccc(N)cc1. The summed E-state index contributed by atoms with van der Waals surface area (Å²) >= 11 is 2.97. The van der Waals surface area contributed by atoms with Gasteiger partial charge >= 0.3 is 0 Å². The van der Waals surface area contributed by atoms with Crippen LogP contribution in [0.3, 0.4) is 0 Å². The molecule has 0 aliphatic carbocycles. The van der Waals surface area contributed by atoms with Gasteiger partial charge in [-0.25, -0.2) is 13.4 Å². The van der Waals surface area contributed by atoms with Crippen LogP contribution in [0.25, 0.3) is 0 Å². The molecule has 0 spiro atoms. The molecule has 1 heterocycles. The first-order valence-corrected chi connectivity index (χ1v) is 9.80. The molecule has 2 aromatic rings. The fraction of sp³-hybridized carbons (Fsp3) is 0.308. The molecule has 0 amide bonds. The molecule has 0 aliphatic rings. The highest BCUT2D eigenvalue weighted by atomic mass is 32.2. The van der Waals surface area contributed by atoms with Crippen LogP contribution in [0.5, 0.6) is 0 Å². The highest BCUT2D eigenvalue weighted by Crippen LogP contribution is 2.20. The van der Waals surface area contributed by atoms with E-state index in [1.807, 2.05) is 29.6 Å². The third-order valence-electron chi connectivity index (χ3n) is 2.83. The fourth-order valence-corrected chi connectivity index (χ4v) is 4.56. The van der Waals surface area contributed by atoms with Crippen molar-refractivity contribution in [3.8, 4) is 0 Å². The summed E-state index contributed by atoms with van der Waals surface area (Å²) in [6, 6.07) is 7.41. The van der Waals surface area contributed by atoms with Crippen LogP contribution in [-0.4, -0.2) is 36.3 Å². The molecule has 0 atom stereocenters. The summed E-state index contributed by atoms with van der Waals surface area (Å²) in [4.78, 5) is 5.12. The lowest BCUT2D eigenvalue weighted by Gasteiger charge is -2.15.